The molecule has 0 aliphatic heterocycles. The van der Waals surface area contributed by atoms with Crippen LogP contribution >= 0.6 is 11.6 Å². The normalized spacial score (nSPS) is 10.7. The standard InChI is InChI=1S/C12H7ClN4O/c13-12-15-10-4-2-1-3-9(10)11(16-12)17-6-8(7-18)5-14-17/h1-7H. The molecule has 5 nitrogen and oxygen atoms in total. The molecule has 0 fully saturated rings. The van der Waals surface area contributed by atoms with E-state index in [9.17, 15) is 4.79 Å². The first-order valence-corrected chi connectivity index (χ1v) is 5.58. The fourth-order valence-corrected chi connectivity index (χ4v) is 1.89. The van der Waals surface area contributed by atoms with Gasteiger partial charge in [-0.3, -0.25) is 4.79 Å². The number of rotatable bonds is 2. The van der Waals surface area contributed by atoms with Gasteiger partial charge in [-0.1, -0.05) is 12.1 Å². The first-order valence-electron chi connectivity index (χ1n) is 5.20. The van der Waals surface area contributed by atoms with Crippen molar-refractivity contribution < 1.29 is 4.79 Å². The molecule has 0 saturated carbocycles. The molecule has 88 valence electrons. The van der Waals surface area contributed by atoms with E-state index in [1.807, 2.05) is 24.3 Å². The van der Waals surface area contributed by atoms with Crippen molar-refractivity contribution in [3.63, 3.8) is 0 Å². The molecule has 0 aliphatic rings. The monoisotopic (exact) mass is 258 g/mol. The Labute approximate surface area is 107 Å². The van der Waals surface area contributed by atoms with Gasteiger partial charge in [0.15, 0.2) is 12.1 Å². The van der Waals surface area contributed by atoms with Crippen molar-refractivity contribution >= 4 is 28.8 Å². The first-order chi connectivity index (χ1) is 8.78. The summed E-state index contributed by atoms with van der Waals surface area (Å²) in [5, 5.41) is 5.05. The third kappa shape index (κ3) is 1.74. The van der Waals surface area contributed by atoms with Gasteiger partial charge in [-0.05, 0) is 23.7 Å². The number of aldehydes is 1. The minimum Gasteiger partial charge on any atom is -0.298 e. The summed E-state index contributed by atoms with van der Waals surface area (Å²) in [6, 6.07) is 7.47. The SMILES string of the molecule is O=Cc1cnn(-c2nc(Cl)nc3ccccc23)c1. The fourth-order valence-electron chi connectivity index (χ4n) is 1.72. The van der Waals surface area contributed by atoms with Crippen molar-refractivity contribution in [3.05, 3.63) is 47.5 Å². The number of carbonyl (C=O) groups excluding carboxylic acids is 1. The second-order valence-corrected chi connectivity index (χ2v) is 4.01. The van der Waals surface area contributed by atoms with E-state index in [2.05, 4.69) is 15.1 Å². The number of hydrogen-bond acceptors (Lipinski definition) is 4. The molecule has 6 heteroatoms. The van der Waals surface area contributed by atoms with Gasteiger partial charge in [0, 0.05) is 11.6 Å². The molecule has 3 rings (SSSR count). The number of fused-ring (bicyclic) bond motifs is 1. The second kappa shape index (κ2) is 4.19. The highest BCUT2D eigenvalue weighted by Crippen LogP contribution is 2.20. The topological polar surface area (TPSA) is 60.7 Å². The third-order valence-electron chi connectivity index (χ3n) is 2.51. The average molecular weight is 259 g/mol. The molecule has 2 heterocycles. The molecular weight excluding hydrogens is 252 g/mol. The van der Waals surface area contributed by atoms with Gasteiger partial charge in [-0.2, -0.15) is 10.1 Å². The maximum Gasteiger partial charge on any atom is 0.224 e. The van der Waals surface area contributed by atoms with Crippen molar-refractivity contribution in [2.45, 2.75) is 0 Å². The molecule has 0 amide bonds. The molecule has 0 radical (unpaired) electrons. The number of carbonyl (C=O) groups is 1. The van der Waals surface area contributed by atoms with E-state index in [0.717, 1.165) is 17.2 Å². The van der Waals surface area contributed by atoms with Gasteiger partial charge in [0.1, 0.15) is 0 Å². The Kier molecular flexibility index (Phi) is 2.53. The van der Waals surface area contributed by atoms with Crippen molar-refractivity contribution in [2.24, 2.45) is 0 Å². The summed E-state index contributed by atoms with van der Waals surface area (Å²) in [5.41, 5.74) is 1.21. The maximum absolute atomic E-state index is 10.7. The highest BCUT2D eigenvalue weighted by molar-refractivity contribution is 6.28. The first kappa shape index (κ1) is 10.9. The van der Waals surface area contributed by atoms with Gasteiger partial charge in [0.05, 0.1) is 17.3 Å². The lowest BCUT2D eigenvalue weighted by molar-refractivity contribution is 0.112. The molecule has 0 N–H and O–H groups in total. The molecule has 1 aromatic carbocycles. The highest BCUT2D eigenvalue weighted by Gasteiger charge is 2.09. The van der Waals surface area contributed by atoms with Gasteiger partial charge in [0.2, 0.25) is 5.28 Å². The lowest BCUT2D eigenvalue weighted by Crippen LogP contribution is -2.01. The van der Waals surface area contributed by atoms with E-state index in [4.69, 9.17) is 11.6 Å². The zero-order chi connectivity index (χ0) is 12.5. The van der Waals surface area contributed by atoms with Crippen LogP contribution in [-0.2, 0) is 0 Å². The van der Waals surface area contributed by atoms with Crippen LogP contribution < -0.4 is 0 Å². The summed E-state index contributed by atoms with van der Waals surface area (Å²) in [7, 11) is 0. The fraction of sp³-hybridized carbons (Fsp3) is 0. The minimum absolute atomic E-state index is 0.145. The predicted octanol–water partition coefficient (Wildman–Crippen LogP) is 2.28. The van der Waals surface area contributed by atoms with Gasteiger partial charge in [-0.15, -0.1) is 0 Å². The van der Waals surface area contributed by atoms with Crippen molar-refractivity contribution in [3.8, 4) is 5.82 Å². The van der Waals surface area contributed by atoms with Crippen LogP contribution in [0.2, 0.25) is 5.28 Å². The van der Waals surface area contributed by atoms with E-state index < -0.39 is 0 Å². The number of aromatic nitrogens is 4. The molecular formula is C12H7ClN4O. The lowest BCUT2D eigenvalue weighted by atomic mass is 10.2. The van der Waals surface area contributed by atoms with Crippen LogP contribution in [0.3, 0.4) is 0 Å². The molecule has 0 spiro atoms. The van der Waals surface area contributed by atoms with E-state index >= 15 is 0 Å². The Morgan fingerprint density at radius 2 is 2.06 bits per heavy atom. The third-order valence-corrected chi connectivity index (χ3v) is 2.68. The Morgan fingerprint density at radius 3 is 2.83 bits per heavy atom. The van der Waals surface area contributed by atoms with Crippen molar-refractivity contribution in [1.82, 2.24) is 19.7 Å². The maximum atomic E-state index is 10.7. The van der Waals surface area contributed by atoms with E-state index in [-0.39, 0.29) is 5.28 Å². The smallest absolute Gasteiger partial charge is 0.224 e. The quantitative estimate of drug-likeness (QED) is 0.523. The predicted molar refractivity (Wildman–Crippen MR) is 67.1 cm³/mol. The molecule has 18 heavy (non-hydrogen) atoms. The summed E-state index contributed by atoms with van der Waals surface area (Å²) in [6.45, 7) is 0. The van der Waals surface area contributed by atoms with Crippen LogP contribution in [0, 0.1) is 0 Å². The Bertz CT molecular complexity index is 738. The van der Waals surface area contributed by atoms with Crippen LogP contribution in [0.4, 0.5) is 0 Å². The zero-order valence-electron chi connectivity index (χ0n) is 9.12. The van der Waals surface area contributed by atoms with E-state index in [0.29, 0.717) is 11.4 Å². The molecule has 0 unspecified atom stereocenters. The summed E-state index contributed by atoms with van der Waals surface area (Å²) in [6.07, 6.45) is 3.80. The Morgan fingerprint density at radius 1 is 1.22 bits per heavy atom. The van der Waals surface area contributed by atoms with E-state index in [1.165, 1.54) is 10.9 Å². The molecule has 0 aliphatic carbocycles. The van der Waals surface area contributed by atoms with Crippen LogP contribution in [0.5, 0.6) is 0 Å². The van der Waals surface area contributed by atoms with Crippen LogP contribution in [0.25, 0.3) is 16.7 Å². The number of hydrogen-bond donors (Lipinski definition) is 0. The van der Waals surface area contributed by atoms with Crippen LogP contribution in [0.15, 0.2) is 36.7 Å². The Balaban J connectivity index is 2.30. The zero-order valence-corrected chi connectivity index (χ0v) is 9.87. The van der Waals surface area contributed by atoms with Gasteiger partial charge < -0.3 is 0 Å². The number of para-hydroxylation sites is 1. The summed E-state index contributed by atoms with van der Waals surface area (Å²) in [5.74, 6) is 0.554. The van der Waals surface area contributed by atoms with E-state index in [1.54, 1.807) is 6.20 Å². The van der Waals surface area contributed by atoms with Crippen molar-refractivity contribution in [2.75, 3.05) is 0 Å². The van der Waals surface area contributed by atoms with Gasteiger partial charge >= 0.3 is 0 Å². The molecule has 0 saturated heterocycles. The number of halogens is 1. The second-order valence-electron chi connectivity index (χ2n) is 3.67. The van der Waals surface area contributed by atoms with Gasteiger partial charge in [-0.25, -0.2) is 9.67 Å². The number of benzene rings is 1. The van der Waals surface area contributed by atoms with Crippen molar-refractivity contribution in [1.29, 1.82) is 0 Å². The average Bonchev–Trinajstić information content (AvgIpc) is 2.86. The molecule has 2 aromatic heterocycles. The minimum atomic E-state index is 0.145. The van der Waals surface area contributed by atoms with Gasteiger partial charge in [0.25, 0.3) is 0 Å². The lowest BCUT2D eigenvalue weighted by Gasteiger charge is -2.05. The largest absolute Gasteiger partial charge is 0.298 e. The summed E-state index contributed by atoms with van der Waals surface area (Å²) < 4.78 is 1.51. The van der Waals surface area contributed by atoms with Crippen LogP contribution in [-0.4, -0.2) is 26.0 Å². The molecule has 0 bridgehead atoms. The summed E-state index contributed by atoms with van der Waals surface area (Å²) in [4.78, 5) is 19.0. The highest BCUT2D eigenvalue weighted by atomic mass is 35.5. The summed E-state index contributed by atoms with van der Waals surface area (Å²) >= 11 is 5.88. The Hall–Kier alpha value is -2.27. The molecule has 3 aromatic rings. The number of nitrogens with zero attached hydrogens (tertiary/aromatic N) is 4. The molecule has 0 atom stereocenters. The van der Waals surface area contributed by atoms with Crippen LogP contribution in [0.1, 0.15) is 10.4 Å².